The van der Waals surface area contributed by atoms with Gasteiger partial charge >= 0.3 is 0 Å². The lowest BCUT2D eigenvalue weighted by Gasteiger charge is -2.24. The Morgan fingerprint density at radius 2 is 1.55 bits per heavy atom. The van der Waals surface area contributed by atoms with E-state index in [-0.39, 0.29) is 11.9 Å². The predicted octanol–water partition coefficient (Wildman–Crippen LogP) is 3.76. The van der Waals surface area contributed by atoms with Crippen LogP contribution in [0.4, 0.5) is 5.69 Å². The van der Waals surface area contributed by atoms with E-state index in [1.54, 1.807) is 38.3 Å². The van der Waals surface area contributed by atoms with Crippen molar-refractivity contribution in [1.82, 2.24) is 5.32 Å². The third kappa shape index (κ3) is 7.17. The van der Waals surface area contributed by atoms with Gasteiger partial charge in [-0.15, -0.1) is 0 Å². The van der Waals surface area contributed by atoms with Gasteiger partial charge in [0, 0.05) is 7.05 Å². The molecule has 0 saturated carbocycles. The van der Waals surface area contributed by atoms with Gasteiger partial charge in [-0.3, -0.25) is 9.10 Å². The number of ether oxygens (including phenoxy) is 2. The lowest BCUT2D eigenvalue weighted by molar-refractivity contribution is -0.128. The minimum atomic E-state index is -3.34. The molecule has 7 nitrogen and oxygen atoms in total. The van der Waals surface area contributed by atoms with E-state index in [0.29, 0.717) is 17.4 Å². The molecule has 0 aliphatic heterocycles. The van der Waals surface area contributed by atoms with E-state index in [1.807, 2.05) is 24.3 Å². The SMILES string of the molecule is COc1ccc([C@@H](CC(C)C)NC(=O)[C@@H](C)Oc2ccc(N(C)S(C)(=O)=O)cc2)cc1. The third-order valence-corrected chi connectivity index (χ3v) is 6.13. The summed E-state index contributed by atoms with van der Waals surface area (Å²) < 4.78 is 35.5. The molecule has 0 aromatic heterocycles. The van der Waals surface area contributed by atoms with Crippen LogP contribution in [-0.2, 0) is 14.8 Å². The second-order valence-corrected chi connectivity index (χ2v) is 9.96. The second-order valence-electron chi connectivity index (χ2n) is 7.95. The molecule has 0 aliphatic carbocycles. The molecule has 2 atom stereocenters. The van der Waals surface area contributed by atoms with Crippen molar-refractivity contribution in [1.29, 1.82) is 0 Å². The zero-order valence-corrected chi connectivity index (χ0v) is 19.8. The Morgan fingerprint density at radius 3 is 2.03 bits per heavy atom. The van der Waals surface area contributed by atoms with Gasteiger partial charge in [0.15, 0.2) is 6.10 Å². The molecule has 31 heavy (non-hydrogen) atoms. The lowest BCUT2D eigenvalue weighted by atomic mass is 9.96. The van der Waals surface area contributed by atoms with Gasteiger partial charge in [-0.1, -0.05) is 26.0 Å². The fourth-order valence-electron chi connectivity index (χ4n) is 3.06. The lowest BCUT2D eigenvalue weighted by Crippen LogP contribution is -2.39. The van der Waals surface area contributed by atoms with Gasteiger partial charge < -0.3 is 14.8 Å². The number of benzene rings is 2. The number of hydrogen-bond donors (Lipinski definition) is 1. The van der Waals surface area contributed by atoms with Crippen LogP contribution in [0.5, 0.6) is 11.5 Å². The number of rotatable bonds is 10. The number of methoxy groups -OCH3 is 1. The van der Waals surface area contributed by atoms with Crippen LogP contribution < -0.4 is 19.1 Å². The summed E-state index contributed by atoms with van der Waals surface area (Å²) >= 11 is 0. The Balaban J connectivity index is 2.06. The summed E-state index contributed by atoms with van der Waals surface area (Å²) in [7, 11) is -0.239. The molecule has 8 heteroatoms. The van der Waals surface area contributed by atoms with Crippen LogP contribution in [0, 0.1) is 5.92 Å². The summed E-state index contributed by atoms with van der Waals surface area (Å²) in [5.74, 6) is 1.42. The van der Waals surface area contributed by atoms with Crippen LogP contribution in [-0.4, -0.2) is 40.8 Å². The van der Waals surface area contributed by atoms with Crippen LogP contribution in [0.3, 0.4) is 0 Å². The minimum Gasteiger partial charge on any atom is -0.497 e. The summed E-state index contributed by atoms with van der Waals surface area (Å²) in [6.07, 6.45) is 1.21. The highest BCUT2D eigenvalue weighted by Crippen LogP contribution is 2.25. The molecule has 170 valence electrons. The van der Waals surface area contributed by atoms with Gasteiger partial charge in [-0.2, -0.15) is 0 Å². The van der Waals surface area contributed by atoms with E-state index in [0.717, 1.165) is 24.0 Å². The molecule has 2 aromatic carbocycles. The molecule has 1 N–H and O–H groups in total. The summed E-state index contributed by atoms with van der Waals surface area (Å²) in [5, 5.41) is 3.08. The van der Waals surface area contributed by atoms with Gasteiger partial charge in [0.1, 0.15) is 11.5 Å². The zero-order valence-electron chi connectivity index (χ0n) is 19.0. The third-order valence-electron chi connectivity index (χ3n) is 4.92. The van der Waals surface area contributed by atoms with Gasteiger partial charge in [0.25, 0.3) is 5.91 Å². The minimum absolute atomic E-state index is 0.143. The molecular formula is C23H32N2O5S. The number of sulfonamides is 1. The van der Waals surface area contributed by atoms with Crippen molar-refractivity contribution in [3.8, 4) is 11.5 Å². The molecule has 0 bridgehead atoms. The molecule has 1 amide bonds. The van der Waals surface area contributed by atoms with E-state index >= 15 is 0 Å². The first-order valence-electron chi connectivity index (χ1n) is 10.2. The van der Waals surface area contributed by atoms with E-state index in [2.05, 4.69) is 19.2 Å². The Hall–Kier alpha value is -2.74. The molecule has 0 fully saturated rings. The number of hydrogen-bond acceptors (Lipinski definition) is 5. The fraction of sp³-hybridized carbons (Fsp3) is 0.435. The van der Waals surface area contributed by atoms with Gasteiger partial charge in [-0.25, -0.2) is 8.42 Å². The van der Waals surface area contributed by atoms with Crippen molar-refractivity contribution in [3.63, 3.8) is 0 Å². The maximum atomic E-state index is 12.8. The normalized spacial score (nSPS) is 13.4. The smallest absolute Gasteiger partial charge is 0.261 e. The quantitative estimate of drug-likeness (QED) is 0.598. The number of anilines is 1. The first-order chi connectivity index (χ1) is 14.5. The summed E-state index contributed by atoms with van der Waals surface area (Å²) in [5.41, 5.74) is 1.52. The highest BCUT2D eigenvalue weighted by molar-refractivity contribution is 7.92. The highest BCUT2D eigenvalue weighted by atomic mass is 32.2. The Kier molecular flexibility index (Phi) is 8.33. The Labute approximate surface area is 185 Å². The molecule has 2 rings (SSSR count). The maximum Gasteiger partial charge on any atom is 0.261 e. The Bertz CT molecular complexity index is 956. The fourth-order valence-corrected chi connectivity index (χ4v) is 3.56. The van der Waals surface area contributed by atoms with Crippen LogP contribution in [0.15, 0.2) is 48.5 Å². The molecule has 0 aliphatic rings. The molecule has 0 radical (unpaired) electrons. The number of nitrogens with zero attached hydrogens (tertiary/aromatic N) is 1. The zero-order chi connectivity index (χ0) is 23.2. The standard InChI is InChI=1S/C23H32N2O5S/c1-16(2)15-22(18-7-11-20(29-5)12-8-18)24-23(26)17(3)30-21-13-9-19(10-14-21)25(4)31(6,27)28/h7-14,16-17,22H,15H2,1-6H3,(H,24,26)/t17-,22-/m1/s1. The second kappa shape index (κ2) is 10.5. The average Bonchev–Trinajstić information content (AvgIpc) is 2.72. The molecule has 0 spiro atoms. The number of carbonyl (C=O) groups is 1. The summed E-state index contributed by atoms with van der Waals surface area (Å²) in [6, 6.07) is 14.1. The van der Waals surface area contributed by atoms with E-state index < -0.39 is 16.1 Å². The first-order valence-corrected chi connectivity index (χ1v) is 12.0. The Morgan fingerprint density at radius 1 is 1.00 bits per heavy atom. The van der Waals surface area contributed by atoms with Crippen molar-refractivity contribution in [2.45, 2.75) is 39.3 Å². The molecule has 0 heterocycles. The van der Waals surface area contributed by atoms with Crippen LogP contribution in [0.1, 0.15) is 38.8 Å². The largest absolute Gasteiger partial charge is 0.497 e. The van der Waals surface area contributed by atoms with Gasteiger partial charge in [-0.05, 0) is 61.2 Å². The van der Waals surface area contributed by atoms with Crippen LogP contribution >= 0.6 is 0 Å². The molecular weight excluding hydrogens is 416 g/mol. The topological polar surface area (TPSA) is 84.9 Å². The van der Waals surface area contributed by atoms with Crippen molar-refractivity contribution < 1.29 is 22.7 Å². The van der Waals surface area contributed by atoms with Gasteiger partial charge in [0.2, 0.25) is 10.0 Å². The predicted molar refractivity (Wildman–Crippen MR) is 123 cm³/mol. The molecule has 0 saturated heterocycles. The molecule has 2 aromatic rings. The highest BCUT2D eigenvalue weighted by Gasteiger charge is 2.21. The summed E-state index contributed by atoms with van der Waals surface area (Å²) in [4.78, 5) is 12.8. The maximum absolute atomic E-state index is 12.8. The first kappa shape index (κ1) is 24.5. The van der Waals surface area contributed by atoms with Crippen LogP contribution in [0.25, 0.3) is 0 Å². The van der Waals surface area contributed by atoms with E-state index in [4.69, 9.17) is 9.47 Å². The van der Waals surface area contributed by atoms with E-state index in [1.165, 1.54) is 11.4 Å². The monoisotopic (exact) mass is 448 g/mol. The van der Waals surface area contributed by atoms with Crippen LogP contribution in [0.2, 0.25) is 0 Å². The van der Waals surface area contributed by atoms with Crippen molar-refractivity contribution in [3.05, 3.63) is 54.1 Å². The van der Waals surface area contributed by atoms with Crippen molar-refractivity contribution in [2.75, 3.05) is 24.7 Å². The summed E-state index contributed by atoms with van der Waals surface area (Å²) in [6.45, 7) is 5.90. The van der Waals surface area contributed by atoms with Gasteiger partial charge in [0.05, 0.1) is 25.1 Å². The average molecular weight is 449 g/mol. The number of amides is 1. The number of carbonyl (C=O) groups excluding carboxylic acids is 1. The molecule has 0 unspecified atom stereocenters. The van der Waals surface area contributed by atoms with Crippen molar-refractivity contribution in [2.24, 2.45) is 5.92 Å². The van der Waals surface area contributed by atoms with E-state index in [9.17, 15) is 13.2 Å². The number of nitrogens with one attached hydrogen (secondary N) is 1. The van der Waals surface area contributed by atoms with Crippen molar-refractivity contribution >= 4 is 21.6 Å².